The molecule has 20 heavy (non-hydrogen) atoms. The standard InChI is InChI=1S/C12H10BrN3O2S2/c1-18-9-3-2-7(13)6-8(9)10(17)15-11(19)16-12-14-4-5-20-12/h2-6H,1H3,(H2,14,15,16,17,19). The average molecular weight is 372 g/mol. The summed E-state index contributed by atoms with van der Waals surface area (Å²) in [5.41, 5.74) is 0.394. The van der Waals surface area contributed by atoms with Crippen LogP contribution in [0.25, 0.3) is 0 Å². The SMILES string of the molecule is COc1ccc(Br)cc1C(=O)NC(=S)Nc1nccs1. The molecule has 2 aromatic rings. The van der Waals surface area contributed by atoms with Crippen molar-refractivity contribution in [1.82, 2.24) is 10.3 Å². The van der Waals surface area contributed by atoms with E-state index in [-0.39, 0.29) is 11.0 Å². The monoisotopic (exact) mass is 371 g/mol. The van der Waals surface area contributed by atoms with Crippen LogP contribution in [0.4, 0.5) is 5.13 Å². The minimum atomic E-state index is -0.350. The first-order chi connectivity index (χ1) is 9.60. The number of carbonyl (C=O) groups is 1. The summed E-state index contributed by atoms with van der Waals surface area (Å²) in [6.07, 6.45) is 1.65. The van der Waals surface area contributed by atoms with Crippen molar-refractivity contribution < 1.29 is 9.53 Å². The van der Waals surface area contributed by atoms with Gasteiger partial charge in [-0.05, 0) is 30.4 Å². The van der Waals surface area contributed by atoms with Gasteiger partial charge in [-0.2, -0.15) is 0 Å². The average Bonchev–Trinajstić information content (AvgIpc) is 2.91. The highest BCUT2D eigenvalue weighted by molar-refractivity contribution is 9.10. The summed E-state index contributed by atoms with van der Waals surface area (Å²) < 4.78 is 5.93. The molecule has 0 aliphatic carbocycles. The summed E-state index contributed by atoms with van der Waals surface area (Å²) in [6, 6.07) is 5.16. The van der Waals surface area contributed by atoms with Gasteiger partial charge in [-0.1, -0.05) is 15.9 Å². The maximum atomic E-state index is 12.2. The Morgan fingerprint density at radius 2 is 2.30 bits per heavy atom. The lowest BCUT2D eigenvalue weighted by Gasteiger charge is -2.10. The number of rotatable bonds is 3. The topological polar surface area (TPSA) is 63.2 Å². The molecule has 1 amide bonds. The van der Waals surface area contributed by atoms with Gasteiger partial charge in [0.15, 0.2) is 10.2 Å². The van der Waals surface area contributed by atoms with Crippen molar-refractivity contribution >= 4 is 55.6 Å². The molecule has 0 saturated heterocycles. The van der Waals surface area contributed by atoms with E-state index in [1.54, 1.807) is 24.4 Å². The first-order valence-electron chi connectivity index (χ1n) is 5.45. The van der Waals surface area contributed by atoms with Crippen LogP contribution in [0.15, 0.2) is 34.2 Å². The maximum Gasteiger partial charge on any atom is 0.261 e. The van der Waals surface area contributed by atoms with E-state index in [4.69, 9.17) is 17.0 Å². The Balaban J connectivity index is 2.08. The van der Waals surface area contributed by atoms with Crippen molar-refractivity contribution in [2.75, 3.05) is 12.4 Å². The summed E-state index contributed by atoms with van der Waals surface area (Å²) in [6.45, 7) is 0. The molecule has 1 aromatic carbocycles. The number of nitrogens with zero attached hydrogens (tertiary/aromatic N) is 1. The largest absolute Gasteiger partial charge is 0.496 e. The third-order valence-electron chi connectivity index (χ3n) is 2.29. The van der Waals surface area contributed by atoms with E-state index in [0.29, 0.717) is 16.4 Å². The Morgan fingerprint density at radius 1 is 1.50 bits per heavy atom. The van der Waals surface area contributed by atoms with Gasteiger partial charge in [-0.25, -0.2) is 4.98 Å². The summed E-state index contributed by atoms with van der Waals surface area (Å²) in [5.74, 6) is 0.125. The lowest BCUT2D eigenvalue weighted by molar-refractivity contribution is 0.0974. The number of amides is 1. The van der Waals surface area contributed by atoms with Gasteiger partial charge in [0.05, 0.1) is 12.7 Å². The molecule has 0 atom stereocenters. The van der Waals surface area contributed by atoms with E-state index >= 15 is 0 Å². The number of aromatic nitrogens is 1. The second kappa shape index (κ2) is 6.78. The molecule has 5 nitrogen and oxygen atoms in total. The van der Waals surface area contributed by atoms with Gasteiger partial charge >= 0.3 is 0 Å². The third-order valence-corrected chi connectivity index (χ3v) is 3.67. The van der Waals surface area contributed by atoms with Crippen molar-refractivity contribution in [2.45, 2.75) is 0 Å². The highest BCUT2D eigenvalue weighted by Crippen LogP contribution is 2.22. The van der Waals surface area contributed by atoms with Gasteiger partial charge in [0.25, 0.3) is 5.91 Å². The minimum absolute atomic E-state index is 0.187. The van der Waals surface area contributed by atoms with Crippen LogP contribution in [0.5, 0.6) is 5.75 Å². The Kier molecular flexibility index (Phi) is 5.05. The molecule has 104 valence electrons. The van der Waals surface area contributed by atoms with Gasteiger partial charge in [-0.15, -0.1) is 11.3 Å². The molecule has 1 aromatic heterocycles. The summed E-state index contributed by atoms with van der Waals surface area (Å²) >= 11 is 9.77. The normalized spacial score (nSPS) is 9.90. The fourth-order valence-corrected chi connectivity index (χ4v) is 2.59. The second-order valence-corrected chi connectivity index (χ2v) is 5.81. The van der Waals surface area contributed by atoms with Crippen molar-refractivity contribution in [3.63, 3.8) is 0 Å². The van der Waals surface area contributed by atoms with Crippen molar-refractivity contribution in [2.24, 2.45) is 0 Å². The van der Waals surface area contributed by atoms with Gasteiger partial charge in [0.2, 0.25) is 0 Å². The molecule has 0 fully saturated rings. The summed E-state index contributed by atoms with van der Waals surface area (Å²) in [5, 5.41) is 8.03. The van der Waals surface area contributed by atoms with Crippen LogP contribution in [0.3, 0.4) is 0 Å². The van der Waals surface area contributed by atoms with Crippen LogP contribution >= 0.6 is 39.5 Å². The molecule has 0 bridgehead atoms. The predicted molar refractivity (Wildman–Crippen MR) is 86.5 cm³/mol. The fraction of sp³-hybridized carbons (Fsp3) is 0.0833. The van der Waals surface area contributed by atoms with Crippen LogP contribution in [-0.2, 0) is 0 Å². The van der Waals surface area contributed by atoms with Crippen molar-refractivity contribution in [3.05, 3.63) is 39.8 Å². The second-order valence-electron chi connectivity index (χ2n) is 3.59. The minimum Gasteiger partial charge on any atom is -0.496 e. The van der Waals surface area contributed by atoms with Crippen molar-refractivity contribution in [1.29, 1.82) is 0 Å². The molecular formula is C12H10BrN3O2S2. The molecule has 0 unspecified atom stereocenters. The molecule has 0 spiro atoms. The van der Waals surface area contributed by atoms with E-state index in [1.165, 1.54) is 18.4 Å². The first kappa shape index (κ1) is 14.9. The first-order valence-corrected chi connectivity index (χ1v) is 7.53. The number of ether oxygens (including phenoxy) is 1. The molecular weight excluding hydrogens is 362 g/mol. The van der Waals surface area contributed by atoms with Crippen LogP contribution in [0, 0.1) is 0 Å². The van der Waals surface area contributed by atoms with Crippen LogP contribution in [0.1, 0.15) is 10.4 Å². The van der Waals surface area contributed by atoms with Gasteiger partial charge in [0, 0.05) is 16.0 Å². The predicted octanol–water partition coefficient (Wildman–Crippen LogP) is 3.04. The Bertz CT molecular complexity index is 632. The molecule has 1 heterocycles. The summed E-state index contributed by atoms with van der Waals surface area (Å²) in [4.78, 5) is 16.2. The number of anilines is 1. The summed E-state index contributed by atoms with van der Waals surface area (Å²) in [7, 11) is 1.51. The molecule has 8 heteroatoms. The molecule has 2 N–H and O–H groups in total. The van der Waals surface area contributed by atoms with E-state index in [1.807, 2.05) is 5.38 Å². The number of carbonyl (C=O) groups excluding carboxylic acids is 1. The van der Waals surface area contributed by atoms with E-state index < -0.39 is 0 Å². The van der Waals surface area contributed by atoms with Gasteiger partial charge in [0.1, 0.15) is 5.75 Å². The zero-order valence-corrected chi connectivity index (χ0v) is 13.6. The number of thiocarbonyl (C=S) groups is 1. The van der Waals surface area contributed by atoms with Crippen LogP contribution in [-0.4, -0.2) is 23.1 Å². The number of halogens is 1. The van der Waals surface area contributed by atoms with Crippen LogP contribution < -0.4 is 15.4 Å². The molecule has 0 saturated carbocycles. The number of hydrogen-bond donors (Lipinski definition) is 2. The number of benzene rings is 1. The highest BCUT2D eigenvalue weighted by atomic mass is 79.9. The highest BCUT2D eigenvalue weighted by Gasteiger charge is 2.14. The van der Waals surface area contributed by atoms with Crippen molar-refractivity contribution in [3.8, 4) is 5.75 Å². The van der Waals surface area contributed by atoms with Crippen LogP contribution in [0.2, 0.25) is 0 Å². The lowest BCUT2D eigenvalue weighted by Crippen LogP contribution is -2.34. The third kappa shape index (κ3) is 3.75. The lowest BCUT2D eigenvalue weighted by atomic mass is 10.2. The molecule has 0 aliphatic rings. The molecule has 2 rings (SSSR count). The van der Waals surface area contributed by atoms with E-state index in [9.17, 15) is 4.79 Å². The Morgan fingerprint density at radius 3 is 2.95 bits per heavy atom. The number of nitrogens with one attached hydrogen (secondary N) is 2. The zero-order valence-electron chi connectivity index (χ0n) is 10.3. The Labute approximate surface area is 133 Å². The fourth-order valence-electron chi connectivity index (χ4n) is 1.44. The molecule has 0 aliphatic heterocycles. The molecule has 0 radical (unpaired) electrons. The number of methoxy groups -OCH3 is 1. The van der Waals surface area contributed by atoms with Gasteiger partial charge < -0.3 is 10.1 Å². The Hall–Kier alpha value is -1.51. The quantitative estimate of drug-likeness (QED) is 0.811. The van der Waals surface area contributed by atoms with E-state index in [2.05, 4.69) is 31.5 Å². The van der Waals surface area contributed by atoms with E-state index in [0.717, 1.165) is 4.47 Å². The smallest absolute Gasteiger partial charge is 0.261 e. The zero-order chi connectivity index (χ0) is 14.5. The number of hydrogen-bond acceptors (Lipinski definition) is 5. The number of thiazole rings is 1. The maximum absolute atomic E-state index is 12.2. The van der Waals surface area contributed by atoms with Gasteiger partial charge in [-0.3, -0.25) is 10.1 Å².